The number of rotatable bonds is 3. The third kappa shape index (κ3) is 3.65. The molecule has 1 N–H and O–H groups in total. The zero-order valence-electron chi connectivity index (χ0n) is 12.4. The van der Waals surface area contributed by atoms with Gasteiger partial charge in [-0.05, 0) is 55.8 Å². The molecule has 0 aromatic heterocycles. The summed E-state index contributed by atoms with van der Waals surface area (Å²) in [5.74, 6) is 0.560. The van der Waals surface area contributed by atoms with Crippen molar-refractivity contribution in [1.82, 2.24) is 9.62 Å². The summed E-state index contributed by atoms with van der Waals surface area (Å²) in [5.41, 5.74) is 2.47. The highest BCUT2D eigenvalue weighted by Gasteiger charge is 2.28. The van der Waals surface area contributed by atoms with E-state index >= 15 is 0 Å². The van der Waals surface area contributed by atoms with Gasteiger partial charge >= 0.3 is 0 Å². The van der Waals surface area contributed by atoms with Crippen molar-refractivity contribution in [2.75, 3.05) is 25.4 Å². The van der Waals surface area contributed by atoms with Crippen molar-refractivity contribution in [2.24, 2.45) is 5.92 Å². The fraction of sp³-hybridized carbons (Fsp3) is 0.625. The van der Waals surface area contributed by atoms with Crippen LogP contribution in [0.5, 0.6) is 0 Å². The Balaban J connectivity index is 1.73. The molecule has 0 amide bonds. The predicted molar refractivity (Wildman–Crippen MR) is 84.6 cm³/mol. The second-order valence-corrected chi connectivity index (χ2v) is 8.21. The number of nitrogens with one attached hydrogen (secondary N) is 1. The van der Waals surface area contributed by atoms with E-state index in [9.17, 15) is 8.42 Å². The Labute approximate surface area is 127 Å². The second kappa shape index (κ2) is 6.46. The van der Waals surface area contributed by atoms with E-state index in [1.165, 1.54) is 11.1 Å². The molecule has 0 radical (unpaired) electrons. The van der Waals surface area contributed by atoms with Crippen LogP contribution in [0, 0.1) is 5.92 Å². The number of hydrogen-bond acceptors (Lipinski definition) is 3. The van der Waals surface area contributed by atoms with Gasteiger partial charge in [0.2, 0.25) is 10.0 Å². The fourth-order valence-electron chi connectivity index (χ4n) is 3.38. The lowest BCUT2D eigenvalue weighted by atomic mass is 10.0. The zero-order valence-corrected chi connectivity index (χ0v) is 13.2. The van der Waals surface area contributed by atoms with Gasteiger partial charge in [0.25, 0.3) is 0 Å². The third-order valence-corrected chi connectivity index (χ3v) is 6.55. The molecule has 1 unspecified atom stereocenters. The fourth-order valence-corrected chi connectivity index (χ4v) is 5.21. The number of sulfonamides is 1. The molecule has 2 aliphatic heterocycles. The van der Waals surface area contributed by atoms with Crippen LogP contribution in [0.3, 0.4) is 0 Å². The van der Waals surface area contributed by atoms with Gasteiger partial charge in [-0.3, -0.25) is 0 Å². The Morgan fingerprint density at radius 3 is 2.76 bits per heavy atom. The van der Waals surface area contributed by atoms with Gasteiger partial charge in [-0.1, -0.05) is 24.3 Å². The van der Waals surface area contributed by atoms with Crippen LogP contribution in [0.15, 0.2) is 24.3 Å². The quantitative estimate of drug-likeness (QED) is 0.926. The van der Waals surface area contributed by atoms with Crippen molar-refractivity contribution >= 4 is 10.0 Å². The monoisotopic (exact) mass is 308 g/mol. The summed E-state index contributed by atoms with van der Waals surface area (Å²) < 4.78 is 27.1. The maximum Gasteiger partial charge on any atom is 0.214 e. The molecule has 116 valence electrons. The van der Waals surface area contributed by atoms with Crippen LogP contribution >= 0.6 is 0 Å². The van der Waals surface area contributed by atoms with E-state index < -0.39 is 10.0 Å². The molecule has 1 saturated heterocycles. The third-order valence-electron chi connectivity index (χ3n) is 4.56. The molecule has 3 rings (SSSR count). The topological polar surface area (TPSA) is 49.4 Å². The Hall–Kier alpha value is -0.910. The Bertz CT molecular complexity index is 580. The Morgan fingerprint density at radius 1 is 1.19 bits per heavy atom. The maximum absolute atomic E-state index is 12.7. The summed E-state index contributed by atoms with van der Waals surface area (Å²) in [5, 5.41) is 3.31. The minimum absolute atomic E-state index is 0.266. The lowest BCUT2D eigenvalue weighted by Gasteiger charge is -2.26. The van der Waals surface area contributed by atoms with Gasteiger partial charge in [-0.25, -0.2) is 8.42 Å². The van der Waals surface area contributed by atoms with Gasteiger partial charge < -0.3 is 5.32 Å². The molecule has 1 fully saturated rings. The van der Waals surface area contributed by atoms with E-state index in [2.05, 4.69) is 17.4 Å². The van der Waals surface area contributed by atoms with Crippen molar-refractivity contribution in [1.29, 1.82) is 0 Å². The minimum Gasteiger partial charge on any atom is -0.316 e. The van der Waals surface area contributed by atoms with Gasteiger partial charge in [0.15, 0.2) is 0 Å². The summed E-state index contributed by atoms with van der Waals surface area (Å²) in [6, 6.07) is 8.22. The van der Waals surface area contributed by atoms with Crippen molar-refractivity contribution in [3.63, 3.8) is 0 Å². The number of hydrogen-bond donors (Lipinski definition) is 1. The van der Waals surface area contributed by atoms with Gasteiger partial charge in [0.1, 0.15) is 0 Å². The molecule has 21 heavy (non-hydrogen) atoms. The summed E-state index contributed by atoms with van der Waals surface area (Å²) in [7, 11) is -3.16. The molecular weight excluding hydrogens is 284 g/mol. The molecule has 0 bridgehead atoms. The number of fused-ring (bicyclic) bond motifs is 1. The van der Waals surface area contributed by atoms with Crippen LogP contribution in [-0.4, -0.2) is 38.1 Å². The van der Waals surface area contributed by atoms with Crippen LogP contribution in [0.2, 0.25) is 0 Å². The number of piperidine rings is 1. The summed E-state index contributed by atoms with van der Waals surface area (Å²) in [4.78, 5) is 0. The molecule has 0 spiro atoms. The lowest BCUT2D eigenvalue weighted by Crippen LogP contribution is -2.39. The molecule has 1 aromatic rings. The smallest absolute Gasteiger partial charge is 0.214 e. The van der Waals surface area contributed by atoms with Crippen LogP contribution in [0.4, 0.5) is 0 Å². The van der Waals surface area contributed by atoms with Crippen molar-refractivity contribution < 1.29 is 8.42 Å². The molecule has 4 nitrogen and oxygen atoms in total. The summed E-state index contributed by atoms with van der Waals surface area (Å²) in [6.45, 7) is 3.05. The summed E-state index contributed by atoms with van der Waals surface area (Å²) >= 11 is 0. The van der Waals surface area contributed by atoms with Crippen LogP contribution in [0.25, 0.3) is 0 Å². The molecule has 5 heteroatoms. The molecule has 2 heterocycles. The first kappa shape index (κ1) is 15.0. The average Bonchev–Trinajstić information content (AvgIpc) is 2.70. The zero-order chi connectivity index (χ0) is 14.7. The highest BCUT2D eigenvalue weighted by molar-refractivity contribution is 7.89. The molecule has 2 aliphatic rings. The van der Waals surface area contributed by atoms with Gasteiger partial charge in [-0.2, -0.15) is 4.31 Å². The first-order chi connectivity index (χ1) is 10.1. The van der Waals surface area contributed by atoms with E-state index in [1.807, 2.05) is 12.1 Å². The molecule has 0 aliphatic carbocycles. The van der Waals surface area contributed by atoms with Crippen molar-refractivity contribution in [3.8, 4) is 0 Å². The standard InChI is InChI=1S/C16H24N2O2S/c19-21(20,13-14-5-3-9-17-11-14)18-10-4-8-15-6-1-2-7-16(15)12-18/h1-2,6-7,14,17H,3-5,8-13H2. The first-order valence-electron chi connectivity index (χ1n) is 7.90. The SMILES string of the molecule is O=S(=O)(CC1CCCNC1)N1CCCc2ccccc2C1. The van der Waals surface area contributed by atoms with E-state index in [0.717, 1.165) is 38.8 Å². The van der Waals surface area contributed by atoms with Crippen LogP contribution < -0.4 is 5.32 Å². The average molecular weight is 308 g/mol. The molecule has 1 atom stereocenters. The van der Waals surface area contributed by atoms with E-state index in [0.29, 0.717) is 18.8 Å². The van der Waals surface area contributed by atoms with Crippen LogP contribution in [-0.2, 0) is 23.0 Å². The lowest BCUT2D eigenvalue weighted by molar-refractivity contribution is 0.375. The first-order valence-corrected chi connectivity index (χ1v) is 9.51. The summed E-state index contributed by atoms with van der Waals surface area (Å²) in [6.07, 6.45) is 4.01. The van der Waals surface area contributed by atoms with E-state index in [1.54, 1.807) is 4.31 Å². The van der Waals surface area contributed by atoms with Gasteiger partial charge in [-0.15, -0.1) is 0 Å². The highest BCUT2D eigenvalue weighted by Crippen LogP contribution is 2.22. The minimum atomic E-state index is -3.16. The van der Waals surface area contributed by atoms with Gasteiger partial charge in [0, 0.05) is 13.1 Å². The van der Waals surface area contributed by atoms with E-state index in [-0.39, 0.29) is 5.92 Å². The molecule has 0 saturated carbocycles. The Morgan fingerprint density at radius 2 is 2.00 bits per heavy atom. The number of benzene rings is 1. The van der Waals surface area contributed by atoms with Crippen molar-refractivity contribution in [2.45, 2.75) is 32.2 Å². The maximum atomic E-state index is 12.7. The van der Waals surface area contributed by atoms with E-state index in [4.69, 9.17) is 0 Å². The van der Waals surface area contributed by atoms with Crippen molar-refractivity contribution in [3.05, 3.63) is 35.4 Å². The molecular formula is C16H24N2O2S. The Kier molecular flexibility index (Phi) is 4.62. The predicted octanol–water partition coefficient (Wildman–Crippen LogP) is 1.76. The number of nitrogens with zero attached hydrogens (tertiary/aromatic N) is 1. The number of aryl methyl sites for hydroxylation is 1. The normalized spacial score (nSPS) is 24.3. The highest BCUT2D eigenvalue weighted by atomic mass is 32.2. The largest absolute Gasteiger partial charge is 0.316 e. The van der Waals surface area contributed by atoms with Crippen LogP contribution in [0.1, 0.15) is 30.4 Å². The molecule has 1 aromatic carbocycles. The second-order valence-electron chi connectivity index (χ2n) is 6.20. The van der Waals surface area contributed by atoms with Gasteiger partial charge in [0.05, 0.1) is 5.75 Å².